The molecule has 0 radical (unpaired) electrons. The number of benzene rings is 2. The monoisotopic (exact) mass is 298 g/mol. The van der Waals surface area contributed by atoms with E-state index in [1.807, 2.05) is 68.6 Å². The molecule has 0 saturated heterocycles. The maximum absolute atomic E-state index is 11.7. The summed E-state index contributed by atoms with van der Waals surface area (Å²) in [5, 5.41) is 5.95. The average Bonchev–Trinajstić information content (AvgIpc) is 2.54. The zero-order valence-corrected chi connectivity index (χ0v) is 13.0. The molecule has 1 amide bonds. The lowest BCUT2D eigenvalue weighted by Gasteiger charge is -2.15. The Morgan fingerprint density at radius 3 is 2.32 bits per heavy atom. The first-order valence-corrected chi connectivity index (χ1v) is 7.46. The maximum Gasteiger partial charge on any atom is 0.221 e. The zero-order valence-electron chi connectivity index (χ0n) is 13.0. The quantitative estimate of drug-likeness (QED) is 0.825. The first-order valence-electron chi connectivity index (χ1n) is 7.46. The van der Waals surface area contributed by atoms with Crippen LogP contribution in [0.1, 0.15) is 24.9 Å². The molecule has 0 aromatic heterocycles. The van der Waals surface area contributed by atoms with Crippen LogP contribution in [0.5, 0.6) is 11.5 Å². The van der Waals surface area contributed by atoms with Gasteiger partial charge in [-0.25, -0.2) is 0 Å². The molecule has 0 aliphatic heterocycles. The van der Waals surface area contributed by atoms with Crippen LogP contribution in [0.4, 0.5) is 0 Å². The SMILES string of the molecule is CNCCC(=O)NC(C)c1ccc(Oc2ccccc2)cc1. The van der Waals surface area contributed by atoms with Crippen molar-refractivity contribution in [3.8, 4) is 11.5 Å². The molecule has 2 aromatic rings. The summed E-state index contributed by atoms with van der Waals surface area (Å²) in [4.78, 5) is 11.7. The summed E-state index contributed by atoms with van der Waals surface area (Å²) in [7, 11) is 1.84. The lowest BCUT2D eigenvalue weighted by Crippen LogP contribution is -2.28. The van der Waals surface area contributed by atoms with Gasteiger partial charge in [0.05, 0.1) is 6.04 Å². The number of amides is 1. The molecule has 0 aliphatic rings. The predicted octanol–water partition coefficient (Wildman–Crippen LogP) is 3.27. The van der Waals surface area contributed by atoms with Gasteiger partial charge >= 0.3 is 0 Å². The highest BCUT2D eigenvalue weighted by atomic mass is 16.5. The van der Waals surface area contributed by atoms with Gasteiger partial charge in [-0.3, -0.25) is 4.79 Å². The highest BCUT2D eigenvalue weighted by molar-refractivity contribution is 5.76. The average molecular weight is 298 g/mol. The number of carbonyl (C=O) groups excluding carboxylic acids is 1. The Balaban J connectivity index is 1.92. The highest BCUT2D eigenvalue weighted by Crippen LogP contribution is 2.23. The van der Waals surface area contributed by atoms with Gasteiger partial charge in [0.1, 0.15) is 11.5 Å². The number of ether oxygens (including phenoxy) is 1. The molecule has 0 saturated carbocycles. The molecule has 4 heteroatoms. The van der Waals surface area contributed by atoms with Gasteiger partial charge in [0.2, 0.25) is 5.91 Å². The first-order chi connectivity index (χ1) is 10.7. The fraction of sp³-hybridized carbons (Fsp3) is 0.278. The van der Waals surface area contributed by atoms with Crippen LogP contribution < -0.4 is 15.4 Å². The standard InChI is InChI=1S/C18H22N2O2/c1-14(20-18(21)12-13-19-2)15-8-10-17(11-9-15)22-16-6-4-3-5-7-16/h3-11,14,19H,12-13H2,1-2H3,(H,20,21). The minimum atomic E-state index is -0.0184. The molecule has 1 atom stereocenters. The largest absolute Gasteiger partial charge is 0.457 e. The van der Waals surface area contributed by atoms with Gasteiger partial charge in [0.25, 0.3) is 0 Å². The second-order valence-electron chi connectivity index (χ2n) is 5.13. The number of nitrogens with one attached hydrogen (secondary N) is 2. The molecule has 4 nitrogen and oxygen atoms in total. The van der Waals surface area contributed by atoms with Gasteiger partial charge in [-0.05, 0) is 43.8 Å². The molecule has 0 fully saturated rings. The van der Waals surface area contributed by atoms with Crippen LogP contribution in [-0.4, -0.2) is 19.5 Å². The van der Waals surface area contributed by atoms with Gasteiger partial charge in [-0.2, -0.15) is 0 Å². The van der Waals surface area contributed by atoms with Crippen LogP contribution in [0, 0.1) is 0 Å². The number of hydrogen-bond acceptors (Lipinski definition) is 3. The Morgan fingerprint density at radius 2 is 1.68 bits per heavy atom. The van der Waals surface area contributed by atoms with E-state index in [2.05, 4.69) is 10.6 Å². The molecule has 0 spiro atoms. The van der Waals surface area contributed by atoms with Crippen molar-refractivity contribution in [1.29, 1.82) is 0 Å². The highest BCUT2D eigenvalue weighted by Gasteiger charge is 2.09. The van der Waals surface area contributed by atoms with Crippen molar-refractivity contribution in [3.63, 3.8) is 0 Å². The Morgan fingerprint density at radius 1 is 1.05 bits per heavy atom. The van der Waals surface area contributed by atoms with Crippen molar-refractivity contribution >= 4 is 5.91 Å². The molecule has 0 bridgehead atoms. The maximum atomic E-state index is 11.7. The summed E-state index contributed by atoms with van der Waals surface area (Å²) in [6.45, 7) is 2.66. The lowest BCUT2D eigenvalue weighted by molar-refractivity contribution is -0.121. The van der Waals surface area contributed by atoms with E-state index in [-0.39, 0.29) is 11.9 Å². The topological polar surface area (TPSA) is 50.4 Å². The van der Waals surface area contributed by atoms with Crippen LogP contribution in [0.3, 0.4) is 0 Å². The minimum absolute atomic E-state index is 0.0184. The Bertz CT molecular complexity index is 582. The molecule has 116 valence electrons. The van der Waals surface area contributed by atoms with Crippen molar-refractivity contribution < 1.29 is 9.53 Å². The fourth-order valence-corrected chi connectivity index (χ4v) is 2.08. The summed E-state index contributed by atoms with van der Waals surface area (Å²) >= 11 is 0. The number of hydrogen-bond donors (Lipinski definition) is 2. The molecular formula is C18H22N2O2. The van der Waals surface area contributed by atoms with E-state index in [0.29, 0.717) is 13.0 Å². The Kier molecular flexibility index (Phi) is 5.98. The molecule has 22 heavy (non-hydrogen) atoms. The van der Waals surface area contributed by atoms with Crippen LogP contribution in [0.25, 0.3) is 0 Å². The Hall–Kier alpha value is -2.33. The predicted molar refractivity (Wildman–Crippen MR) is 88.1 cm³/mol. The van der Waals surface area contributed by atoms with Gasteiger partial charge < -0.3 is 15.4 Å². The summed E-state index contributed by atoms with van der Waals surface area (Å²) in [6, 6.07) is 17.4. The van der Waals surface area contributed by atoms with Crippen LogP contribution >= 0.6 is 0 Å². The van der Waals surface area contributed by atoms with Crippen molar-refractivity contribution in [2.24, 2.45) is 0 Å². The third-order valence-corrected chi connectivity index (χ3v) is 3.34. The van der Waals surface area contributed by atoms with E-state index in [4.69, 9.17) is 4.74 Å². The Labute approximate surface area is 131 Å². The number of rotatable bonds is 7. The van der Waals surface area contributed by atoms with Crippen molar-refractivity contribution in [1.82, 2.24) is 10.6 Å². The normalized spacial score (nSPS) is 11.7. The molecule has 0 aliphatic carbocycles. The lowest BCUT2D eigenvalue weighted by atomic mass is 10.1. The van der Waals surface area contributed by atoms with Crippen molar-refractivity contribution in [2.45, 2.75) is 19.4 Å². The van der Waals surface area contributed by atoms with Gasteiger partial charge in [-0.15, -0.1) is 0 Å². The van der Waals surface area contributed by atoms with E-state index >= 15 is 0 Å². The minimum Gasteiger partial charge on any atom is -0.457 e. The summed E-state index contributed by atoms with van der Waals surface area (Å²) in [6.07, 6.45) is 0.482. The van der Waals surface area contributed by atoms with E-state index in [1.165, 1.54) is 0 Å². The van der Waals surface area contributed by atoms with Crippen LogP contribution in [-0.2, 0) is 4.79 Å². The molecule has 2 rings (SSSR count). The van der Waals surface area contributed by atoms with Crippen LogP contribution in [0.15, 0.2) is 54.6 Å². The van der Waals surface area contributed by atoms with E-state index in [0.717, 1.165) is 17.1 Å². The van der Waals surface area contributed by atoms with E-state index in [9.17, 15) is 4.79 Å². The fourth-order valence-electron chi connectivity index (χ4n) is 2.08. The zero-order chi connectivity index (χ0) is 15.8. The molecule has 2 aromatic carbocycles. The summed E-state index contributed by atoms with van der Waals surface area (Å²) in [5.41, 5.74) is 1.05. The first kappa shape index (κ1) is 16.0. The van der Waals surface area contributed by atoms with Gasteiger partial charge in [-0.1, -0.05) is 30.3 Å². The van der Waals surface area contributed by atoms with Crippen molar-refractivity contribution in [2.75, 3.05) is 13.6 Å². The number of carbonyl (C=O) groups is 1. The van der Waals surface area contributed by atoms with Gasteiger partial charge in [0, 0.05) is 13.0 Å². The van der Waals surface area contributed by atoms with Gasteiger partial charge in [0.15, 0.2) is 0 Å². The third-order valence-electron chi connectivity index (χ3n) is 3.34. The van der Waals surface area contributed by atoms with Crippen LogP contribution in [0.2, 0.25) is 0 Å². The molecule has 1 unspecified atom stereocenters. The molecule has 2 N–H and O–H groups in total. The van der Waals surface area contributed by atoms with E-state index < -0.39 is 0 Å². The molecular weight excluding hydrogens is 276 g/mol. The second-order valence-corrected chi connectivity index (χ2v) is 5.13. The molecule has 0 heterocycles. The third kappa shape index (κ3) is 4.90. The van der Waals surface area contributed by atoms with Crippen molar-refractivity contribution in [3.05, 3.63) is 60.2 Å². The smallest absolute Gasteiger partial charge is 0.221 e. The van der Waals surface area contributed by atoms with E-state index in [1.54, 1.807) is 0 Å². The summed E-state index contributed by atoms with van der Waals surface area (Å²) in [5.74, 6) is 1.64. The summed E-state index contributed by atoms with van der Waals surface area (Å²) < 4.78 is 5.75. The number of para-hydroxylation sites is 1. The second kappa shape index (κ2) is 8.20.